The third-order valence-corrected chi connectivity index (χ3v) is 4.10. The lowest BCUT2D eigenvalue weighted by Crippen LogP contribution is -2.71. The Balaban J connectivity index is 1.95. The van der Waals surface area contributed by atoms with E-state index in [2.05, 4.69) is 0 Å². The zero-order valence-electron chi connectivity index (χ0n) is 10.6. The fourth-order valence-corrected chi connectivity index (χ4v) is 2.39. The van der Waals surface area contributed by atoms with Crippen molar-refractivity contribution < 1.29 is 14.6 Å². The van der Waals surface area contributed by atoms with Gasteiger partial charge in [-0.15, -0.1) is 0 Å². The number of nitrogens with two attached hydrogens (primary N) is 1. The standard InChI is InChI=1S/C12H22N2O3/c1-9(2)12(16)7-14(8-12)10(15)11(13)3-5-17-6-4-11/h9,16H,3-8,13H2,1-2H3. The number of likely N-dealkylation sites (tertiary alicyclic amines) is 1. The van der Waals surface area contributed by atoms with Gasteiger partial charge < -0.3 is 20.5 Å². The molecule has 5 nitrogen and oxygen atoms in total. The molecule has 2 aliphatic rings. The maximum atomic E-state index is 12.2. The Morgan fingerprint density at radius 1 is 1.35 bits per heavy atom. The van der Waals surface area contributed by atoms with Crippen molar-refractivity contribution in [3.8, 4) is 0 Å². The van der Waals surface area contributed by atoms with Gasteiger partial charge in [-0.1, -0.05) is 13.8 Å². The molecule has 5 heteroatoms. The molecular weight excluding hydrogens is 220 g/mol. The topological polar surface area (TPSA) is 75.8 Å². The van der Waals surface area contributed by atoms with E-state index in [1.807, 2.05) is 13.8 Å². The first-order valence-electron chi connectivity index (χ1n) is 6.26. The van der Waals surface area contributed by atoms with Crippen LogP contribution in [0.3, 0.4) is 0 Å². The predicted molar refractivity (Wildman–Crippen MR) is 63.3 cm³/mol. The first-order chi connectivity index (χ1) is 7.87. The summed E-state index contributed by atoms with van der Waals surface area (Å²) in [4.78, 5) is 13.9. The van der Waals surface area contributed by atoms with E-state index < -0.39 is 11.1 Å². The minimum atomic E-state index is -0.781. The summed E-state index contributed by atoms with van der Waals surface area (Å²) in [6.45, 7) is 5.84. The predicted octanol–water partition coefficient (Wildman–Crippen LogP) is -0.276. The Kier molecular flexibility index (Phi) is 3.18. The van der Waals surface area contributed by atoms with Crippen LogP contribution in [-0.4, -0.2) is 53.4 Å². The smallest absolute Gasteiger partial charge is 0.243 e. The van der Waals surface area contributed by atoms with Crippen LogP contribution >= 0.6 is 0 Å². The largest absolute Gasteiger partial charge is 0.386 e. The molecule has 2 saturated heterocycles. The highest BCUT2D eigenvalue weighted by Crippen LogP contribution is 2.31. The van der Waals surface area contributed by atoms with E-state index in [0.29, 0.717) is 39.1 Å². The van der Waals surface area contributed by atoms with Gasteiger partial charge in [0.25, 0.3) is 0 Å². The summed E-state index contributed by atoms with van der Waals surface area (Å²) in [5.41, 5.74) is 4.62. The lowest BCUT2D eigenvalue weighted by atomic mass is 9.80. The van der Waals surface area contributed by atoms with Crippen LogP contribution < -0.4 is 5.73 Å². The fraction of sp³-hybridized carbons (Fsp3) is 0.917. The van der Waals surface area contributed by atoms with E-state index >= 15 is 0 Å². The SMILES string of the molecule is CC(C)C1(O)CN(C(=O)C2(N)CCOCC2)C1. The third kappa shape index (κ3) is 2.19. The molecule has 98 valence electrons. The molecule has 2 fully saturated rings. The zero-order chi connectivity index (χ0) is 12.7. The Bertz CT molecular complexity index is 305. The number of aliphatic hydroxyl groups is 1. The molecule has 3 N–H and O–H groups in total. The summed E-state index contributed by atoms with van der Waals surface area (Å²) in [7, 11) is 0. The van der Waals surface area contributed by atoms with E-state index in [1.54, 1.807) is 4.90 Å². The van der Waals surface area contributed by atoms with Crippen molar-refractivity contribution in [2.24, 2.45) is 11.7 Å². The molecule has 0 aromatic rings. The summed E-state index contributed by atoms with van der Waals surface area (Å²) in [5, 5.41) is 10.1. The first kappa shape index (κ1) is 12.8. The van der Waals surface area contributed by atoms with Crippen LogP contribution in [-0.2, 0) is 9.53 Å². The van der Waals surface area contributed by atoms with E-state index in [-0.39, 0.29) is 11.8 Å². The second-order valence-corrected chi connectivity index (χ2v) is 5.69. The van der Waals surface area contributed by atoms with Crippen LogP contribution in [0.4, 0.5) is 0 Å². The molecule has 17 heavy (non-hydrogen) atoms. The number of carbonyl (C=O) groups excluding carboxylic acids is 1. The number of carbonyl (C=O) groups is 1. The van der Waals surface area contributed by atoms with Crippen molar-refractivity contribution in [2.45, 2.75) is 37.8 Å². The summed E-state index contributed by atoms with van der Waals surface area (Å²) < 4.78 is 5.23. The monoisotopic (exact) mass is 242 g/mol. The van der Waals surface area contributed by atoms with Gasteiger partial charge >= 0.3 is 0 Å². The highest BCUT2D eigenvalue weighted by molar-refractivity contribution is 5.87. The van der Waals surface area contributed by atoms with Crippen molar-refractivity contribution in [3.05, 3.63) is 0 Å². The van der Waals surface area contributed by atoms with Gasteiger partial charge in [-0.3, -0.25) is 4.79 Å². The van der Waals surface area contributed by atoms with E-state index in [1.165, 1.54) is 0 Å². The molecule has 0 radical (unpaired) electrons. The van der Waals surface area contributed by atoms with Crippen LogP contribution in [0.1, 0.15) is 26.7 Å². The molecule has 0 aliphatic carbocycles. The van der Waals surface area contributed by atoms with Crippen LogP contribution in [0.25, 0.3) is 0 Å². The van der Waals surface area contributed by atoms with Gasteiger partial charge in [0.15, 0.2) is 0 Å². The van der Waals surface area contributed by atoms with Crippen molar-refractivity contribution in [1.29, 1.82) is 0 Å². The number of rotatable bonds is 2. The summed E-state index contributed by atoms with van der Waals surface area (Å²) >= 11 is 0. The molecule has 2 heterocycles. The highest BCUT2D eigenvalue weighted by atomic mass is 16.5. The van der Waals surface area contributed by atoms with Crippen molar-refractivity contribution in [1.82, 2.24) is 4.90 Å². The molecule has 2 aliphatic heterocycles. The summed E-state index contributed by atoms with van der Waals surface area (Å²) in [6, 6.07) is 0. The van der Waals surface area contributed by atoms with Gasteiger partial charge in [0, 0.05) is 13.2 Å². The summed E-state index contributed by atoms with van der Waals surface area (Å²) in [6.07, 6.45) is 1.14. The number of amides is 1. The van der Waals surface area contributed by atoms with Crippen LogP contribution in [0.2, 0.25) is 0 Å². The molecule has 0 atom stereocenters. The number of nitrogens with zero attached hydrogens (tertiary/aromatic N) is 1. The van der Waals surface area contributed by atoms with Gasteiger partial charge in [-0.2, -0.15) is 0 Å². The second-order valence-electron chi connectivity index (χ2n) is 5.69. The molecule has 0 spiro atoms. The molecule has 2 rings (SSSR count). The van der Waals surface area contributed by atoms with Gasteiger partial charge in [-0.25, -0.2) is 0 Å². The third-order valence-electron chi connectivity index (χ3n) is 4.10. The highest BCUT2D eigenvalue weighted by Gasteiger charge is 2.50. The van der Waals surface area contributed by atoms with Gasteiger partial charge in [0.1, 0.15) is 5.60 Å². The minimum Gasteiger partial charge on any atom is -0.386 e. The number of β-amino-alcohol motifs (C(OH)–C–C–N with tert-alkyl or cyclic N) is 1. The fourth-order valence-electron chi connectivity index (χ4n) is 2.39. The van der Waals surface area contributed by atoms with E-state index in [4.69, 9.17) is 10.5 Å². The van der Waals surface area contributed by atoms with Gasteiger partial charge in [-0.05, 0) is 18.8 Å². The Morgan fingerprint density at radius 3 is 2.35 bits per heavy atom. The van der Waals surface area contributed by atoms with Crippen LogP contribution in [0.5, 0.6) is 0 Å². The van der Waals surface area contributed by atoms with Gasteiger partial charge in [0.05, 0.1) is 18.6 Å². The Labute approximate surface area is 102 Å². The minimum absolute atomic E-state index is 0.0360. The molecular formula is C12H22N2O3. The lowest BCUT2D eigenvalue weighted by molar-refractivity contribution is -0.171. The molecule has 0 aromatic heterocycles. The van der Waals surface area contributed by atoms with Crippen LogP contribution in [0.15, 0.2) is 0 Å². The Morgan fingerprint density at radius 2 is 1.88 bits per heavy atom. The maximum Gasteiger partial charge on any atom is 0.243 e. The van der Waals surface area contributed by atoms with E-state index in [9.17, 15) is 9.90 Å². The molecule has 0 unspecified atom stereocenters. The average molecular weight is 242 g/mol. The van der Waals surface area contributed by atoms with Crippen LogP contribution in [0, 0.1) is 5.92 Å². The quantitative estimate of drug-likeness (QED) is 0.698. The van der Waals surface area contributed by atoms with E-state index in [0.717, 1.165) is 0 Å². The number of hydrogen-bond acceptors (Lipinski definition) is 4. The lowest BCUT2D eigenvalue weighted by Gasteiger charge is -2.51. The summed E-state index contributed by atoms with van der Waals surface area (Å²) in [5.74, 6) is 0.126. The van der Waals surface area contributed by atoms with Crippen molar-refractivity contribution in [3.63, 3.8) is 0 Å². The molecule has 1 amide bonds. The number of ether oxygens (including phenoxy) is 1. The normalized spacial score (nSPS) is 26.8. The second kappa shape index (κ2) is 4.23. The Hall–Kier alpha value is -0.650. The average Bonchev–Trinajstić information content (AvgIpc) is 2.24. The zero-order valence-corrected chi connectivity index (χ0v) is 10.6. The first-order valence-corrected chi connectivity index (χ1v) is 6.26. The maximum absolute atomic E-state index is 12.2. The number of hydrogen-bond donors (Lipinski definition) is 2. The van der Waals surface area contributed by atoms with Gasteiger partial charge in [0.2, 0.25) is 5.91 Å². The molecule has 0 saturated carbocycles. The van der Waals surface area contributed by atoms with Crippen molar-refractivity contribution in [2.75, 3.05) is 26.3 Å². The van der Waals surface area contributed by atoms with Crippen molar-refractivity contribution >= 4 is 5.91 Å². The molecule has 0 bridgehead atoms. The molecule has 0 aromatic carbocycles.